The molecule has 0 bridgehead atoms. The minimum absolute atomic E-state index is 0.0973. The fourth-order valence-electron chi connectivity index (χ4n) is 2.57. The van der Waals surface area contributed by atoms with Gasteiger partial charge in [0.15, 0.2) is 0 Å². The third-order valence-corrected chi connectivity index (χ3v) is 3.70. The van der Waals surface area contributed by atoms with Crippen molar-refractivity contribution >= 4 is 5.97 Å². The quantitative estimate of drug-likeness (QED) is 0.707. The van der Waals surface area contributed by atoms with Crippen LogP contribution in [-0.2, 0) is 9.53 Å². The highest BCUT2D eigenvalue weighted by Crippen LogP contribution is 2.29. The van der Waals surface area contributed by atoms with Crippen LogP contribution >= 0.6 is 0 Å². The molecule has 0 aromatic rings. The number of hydrogen-bond acceptors (Lipinski definition) is 4. The predicted octanol–water partition coefficient (Wildman–Crippen LogP) is 1.15. The fraction of sp³-hybridized carbons (Fsp3) is 0.923. The molecule has 2 fully saturated rings. The maximum absolute atomic E-state index is 11.7. The van der Waals surface area contributed by atoms with Crippen molar-refractivity contribution in [3.63, 3.8) is 0 Å². The van der Waals surface area contributed by atoms with E-state index in [2.05, 4.69) is 10.2 Å². The molecule has 0 aromatic carbocycles. The highest BCUT2D eigenvalue weighted by Gasteiger charge is 2.35. The Balaban J connectivity index is 1.76. The first-order valence-electron chi connectivity index (χ1n) is 6.91. The van der Waals surface area contributed by atoms with Gasteiger partial charge in [0.05, 0.1) is 6.61 Å². The zero-order valence-corrected chi connectivity index (χ0v) is 10.9. The number of carbonyl (C=O) groups is 1. The molecule has 4 heteroatoms. The number of ether oxygens (including phenoxy) is 1. The molecule has 2 aliphatic rings. The van der Waals surface area contributed by atoms with Gasteiger partial charge in [-0.2, -0.15) is 0 Å². The first kappa shape index (κ1) is 12.8. The second-order valence-electron chi connectivity index (χ2n) is 5.09. The van der Waals surface area contributed by atoms with Crippen LogP contribution in [0.25, 0.3) is 0 Å². The van der Waals surface area contributed by atoms with Crippen molar-refractivity contribution in [2.75, 3.05) is 19.7 Å². The smallest absolute Gasteiger partial charge is 0.323 e. The molecule has 1 aliphatic heterocycles. The summed E-state index contributed by atoms with van der Waals surface area (Å²) in [5, 5.41) is 3.45. The summed E-state index contributed by atoms with van der Waals surface area (Å²) in [5.74, 6) is -0.0973. The number of likely N-dealkylation sites (tertiary alicyclic amines) is 1. The molecule has 17 heavy (non-hydrogen) atoms. The molecule has 1 saturated carbocycles. The van der Waals surface area contributed by atoms with E-state index in [0.29, 0.717) is 12.6 Å². The number of hydrogen-bond donors (Lipinski definition) is 1. The molecule has 0 aromatic heterocycles. The van der Waals surface area contributed by atoms with Gasteiger partial charge < -0.3 is 10.1 Å². The van der Waals surface area contributed by atoms with Gasteiger partial charge in [0.2, 0.25) is 0 Å². The molecule has 0 spiro atoms. The molecule has 2 rings (SSSR count). The number of esters is 1. The maximum atomic E-state index is 11.7. The van der Waals surface area contributed by atoms with E-state index in [1.165, 1.54) is 19.4 Å². The molecule has 1 aliphatic carbocycles. The molecular weight excluding hydrogens is 216 g/mol. The van der Waals surface area contributed by atoms with Gasteiger partial charge in [-0.15, -0.1) is 0 Å². The molecule has 1 heterocycles. The van der Waals surface area contributed by atoms with Crippen LogP contribution in [0.2, 0.25) is 0 Å². The monoisotopic (exact) mass is 240 g/mol. The van der Waals surface area contributed by atoms with Gasteiger partial charge in [-0.1, -0.05) is 6.92 Å². The van der Waals surface area contributed by atoms with E-state index in [4.69, 9.17) is 4.74 Å². The summed E-state index contributed by atoms with van der Waals surface area (Å²) in [4.78, 5) is 14.2. The Hall–Kier alpha value is -0.610. The summed E-state index contributed by atoms with van der Waals surface area (Å²) >= 11 is 0. The lowest BCUT2D eigenvalue weighted by molar-refractivity contribution is -0.145. The number of carbonyl (C=O) groups excluding carboxylic acids is 1. The standard InChI is InChI=1S/C13H24N2O2/c1-3-12(13(16)17-4-2)14-10-7-8-15(9-10)11-5-6-11/h10-12,14H,3-9H2,1-2H3. The van der Waals surface area contributed by atoms with Crippen LogP contribution in [0, 0.1) is 0 Å². The Morgan fingerprint density at radius 2 is 2.18 bits per heavy atom. The van der Waals surface area contributed by atoms with E-state index >= 15 is 0 Å². The normalized spacial score (nSPS) is 27.1. The molecule has 1 saturated heterocycles. The summed E-state index contributed by atoms with van der Waals surface area (Å²) < 4.78 is 5.08. The van der Waals surface area contributed by atoms with Gasteiger partial charge >= 0.3 is 5.97 Å². The zero-order valence-electron chi connectivity index (χ0n) is 10.9. The van der Waals surface area contributed by atoms with Crippen molar-refractivity contribution in [2.45, 2.75) is 57.7 Å². The first-order chi connectivity index (χ1) is 8.24. The van der Waals surface area contributed by atoms with Crippen molar-refractivity contribution in [1.82, 2.24) is 10.2 Å². The van der Waals surface area contributed by atoms with Gasteiger partial charge in [0.1, 0.15) is 6.04 Å². The highest BCUT2D eigenvalue weighted by atomic mass is 16.5. The van der Waals surface area contributed by atoms with Crippen molar-refractivity contribution < 1.29 is 9.53 Å². The van der Waals surface area contributed by atoms with E-state index in [9.17, 15) is 4.79 Å². The molecule has 98 valence electrons. The van der Waals surface area contributed by atoms with E-state index in [1.54, 1.807) is 0 Å². The van der Waals surface area contributed by atoms with Crippen LogP contribution in [0.15, 0.2) is 0 Å². The van der Waals surface area contributed by atoms with Crippen molar-refractivity contribution in [1.29, 1.82) is 0 Å². The lowest BCUT2D eigenvalue weighted by Crippen LogP contribution is -2.45. The number of nitrogens with one attached hydrogen (secondary N) is 1. The largest absolute Gasteiger partial charge is 0.465 e. The molecule has 2 unspecified atom stereocenters. The van der Waals surface area contributed by atoms with Gasteiger partial charge in [-0.3, -0.25) is 9.69 Å². The van der Waals surface area contributed by atoms with E-state index < -0.39 is 0 Å². The second kappa shape index (κ2) is 5.83. The summed E-state index contributed by atoms with van der Waals surface area (Å²) in [5.41, 5.74) is 0. The lowest BCUT2D eigenvalue weighted by Gasteiger charge is -2.21. The second-order valence-corrected chi connectivity index (χ2v) is 5.09. The highest BCUT2D eigenvalue weighted by molar-refractivity contribution is 5.75. The van der Waals surface area contributed by atoms with E-state index in [0.717, 1.165) is 25.4 Å². The van der Waals surface area contributed by atoms with Crippen LogP contribution in [-0.4, -0.2) is 48.7 Å². The van der Waals surface area contributed by atoms with Crippen LogP contribution in [0.3, 0.4) is 0 Å². The zero-order chi connectivity index (χ0) is 12.3. The summed E-state index contributed by atoms with van der Waals surface area (Å²) in [6, 6.07) is 1.17. The van der Waals surface area contributed by atoms with Gasteiger partial charge in [0, 0.05) is 25.2 Å². The number of rotatable bonds is 6. The van der Waals surface area contributed by atoms with Gasteiger partial charge in [-0.25, -0.2) is 0 Å². The average Bonchev–Trinajstić information content (AvgIpc) is 3.07. The van der Waals surface area contributed by atoms with Gasteiger partial charge in [-0.05, 0) is 32.6 Å². The maximum Gasteiger partial charge on any atom is 0.323 e. The van der Waals surface area contributed by atoms with Crippen LogP contribution in [0.1, 0.15) is 39.5 Å². The molecule has 2 atom stereocenters. The van der Waals surface area contributed by atoms with Crippen molar-refractivity contribution in [2.24, 2.45) is 0 Å². The number of nitrogens with zero attached hydrogens (tertiary/aromatic N) is 1. The Labute approximate surface area is 104 Å². The lowest BCUT2D eigenvalue weighted by atomic mass is 10.1. The molecule has 0 amide bonds. The van der Waals surface area contributed by atoms with Crippen LogP contribution < -0.4 is 5.32 Å². The minimum atomic E-state index is -0.126. The minimum Gasteiger partial charge on any atom is -0.465 e. The Morgan fingerprint density at radius 3 is 2.76 bits per heavy atom. The molecule has 4 nitrogen and oxygen atoms in total. The average molecular weight is 240 g/mol. The first-order valence-corrected chi connectivity index (χ1v) is 6.91. The molecular formula is C13H24N2O2. The summed E-state index contributed by atoms with van der Waals surface area (Å²) in [6.45, 7) is 6.63. The molecule has 0 radical (unpaired) electrons. The SMILES string of the molecule is CCOC(=O)C(CC)NC1CCN(C2CC2)C1. The summed E-state index contributed by atoms with van der Waals surface area (Å²) in [7, 11) is 0. The summed E-state index contributed by atoms with van der Waals surface area (Å²) in [6.07, 6.45) is 4.69. The van der Waals surface area contributed by atoms with Gasteiger partial charge in [0.25, 0.3) is 0 Å². The fourth-order valence-corrected chi connectivity index (χ4v) is 2.57. The Kier molecular flexibility index (Phi) is 4.40. The Bertz CT molecular complexity index is 266. The van der Waals surface area contributed by atoms with Crippen LogP contribution in [0.4, 0.5) is 0 Å². The van der Waals surface area contributed by atoms with E-state index in [-0.39, 0.29) is 12.0 Å². The van der Waals surface area contributed by atoms with Crippen LogP contribution in [0.5, 0.6) is 0 Å². The third-order valence-electron chi connectivity index (χ3n) is 3.70. The van der Waals surface area contributed by atoms with E-state index in [1.807, 2.05) is 13.8 Å². The van der Waals surface area contributed by atoms with Crippen molar-refractivity contribution in [3.8, 4) is 0 Å². The van der Waals surface area contributed by atoms with Crippen molar-refractivity contribution in [3.05, 3.63) is 0 Å². The topological polar surface area (TPSA) is 41.6 Å². The third kappa shape index (κ3) is 3.42. The molecule has 1 N–H and O–H groups in total. The Morgan fingerprint density at radius 1 is 1.41 bits per heavy atom. The predicted molar refractivity (Wildman–Crippen MR) is 66.8 cm³/mol.